The molecular weight excluding hydrogens is 358 g/mol. The van der Waals surface area contributed by atoms with E-state index in [0.29, 0.717) is 23.5 Å². The summed E-state index contributed by atoms with van der Waals surface area (Å²) in [6, 6.07) is 15.1. The number of aromatic nitrogens is 2. The predicted molar refractivity (Wildman–Crippen MR) is 108 cm³/mol. The van der Waals surface area contributed by atoms with E-state index in [0.717, 1.165) is 36.6 Å². The number of benzene rings is 2. The molecule has 0 aliphatic heterocycles. The quantitative estimate of drug-likeness (QED) is 0.578. The molecule has 0 bridgehead atoms. The van der Waals surface area contributed by atoms with Crippen molar-refractivity contribution in [3.05, 3.63) is 66.2 Å². The van der Waals surface area contributed by atoms with Crippen LogP contribution in [0.3, 0.4) is 0 Å². The molecular formula is C22H22F2N4. The summed E-state index contributed by atoms with van der Waals surface area (Å²) in [5.41, 5.74) is 1.69. The van der Waals surface area contributed by atoms with Crippen molar-refractivity contribution in [2.75, 3.05) is 10.6 Å². The number of hydrogen-bond acceptors (Lipinski definition) is 4. The molecule has 2 N–H and O–H groups in total. The van der Waals surface area contributed by atoms with E-state index in [9.17, 15) is 8.78 Å². The molecule has 2 aromatic carbocycles. The summed E-state index contributed by atoms with van der Waals surface area (Å²) >= 11 is 0. The van der Waals surface area contributed by atoms with Crippen LogP contribution in [0.1, 0.15) is 32.1 Å². The smallest absolute Gasteiger partial charge is 0.225 e. The highest BCUT2D eigenvalue weighted by Crippen LogP contribution is 2.27. The molecule has 6 heteroatoms. The summed E-state index contributed by atoms with van der Waals surface area (Å²) in [6.07, 6.45) is 5.81. The molecule has 0 spiro atoms. The lowest BCUT2D eigenvalue weighted by Gasteiger charge is -2.23. The van der Waals surface area contributed by atoms with Gasteiger partial charge >= 0.3 is 0 Å². The Kier molecular flexibility index (Phi) is 5.46. The highest BCUT2D eigenvalue weighted by atomic mass is 19.1. The maximum absolute atomic E-state index is 14.1. The summed E-state index contributed by atoms with van der Waals surface area (Å²) < 4.78 is 27.6. The van der Waals surface area contributed by atoms with Crippen LogP contribution in [-0.2, 0) is 0 Å². The first kappa shape index (κ1) is 18.3. The van der Waals surface area contributed by atoms with Crippen LogP contribution in [0.2, 0.25) is 0 Å². The van der Waals surface area contributed by atoms with Crippen LogP contribution in [0, 0.1) is 11.6 Å². The topological polar surface area (TPSA) is 49.8 Å². The lowest BCUT2D eigenvalue weighted by atomic mass is 9.96. The second-order valence-electron chi connectivity index (χ2n) is 7.06. The molecule has 1 aromatic heterocycles. The normalized spacial score (nSPS) is 14.6. The first-order valence-electron chi connectivity index (χ1n) is 9.60. The minimum Gasteiger partial charge on any atom is -0.351 e. The van der Waals surface area contributed by atoms with E-state index in [4.69, 9.17) is 0 Å². The third-order valence-electron chi connectivity index (χ3n) is 4.93. The predicted octanol–water partition coefficient (Wildman–Crippen LogP) is 5.91. The second kappa shape index (κ2) is 8.33. The molecule has 1 saturated carbocycles. The fourth-order valence-electron chi connectivity index (χ4n) is 3.49. The largest absolute Gasteiger partial charge is 0.351 e. The molecule has 3 aromatic rings. The van der Waals surface area contributed by atoms with E-state index >= 15 is 0 Å². The van der Waals surface area contributed by atoms with Crippen LogP contribution >= 0.6 is 0 Å². The summed E-state index contributed by atoms with van der Waals surface area (Å²) in [5.74, 6) is -0.144. The first-order valence-corrected chi connectivity index (χ1v) is 9.60. The Hall–Kier alpha value is -3.02. The number of anilines is 3. The summed E-state index contributed by atoms with van der Waals surface area (Å²) in [7, 11) is 0. The zero-order valence-electron chi connectivity index (χ0n) is 15.5. The fourth-order valence-corrected chi connectivity index (χ4v) is 3.49. The van der Waals surface area contributed by atoms with Crippen molar-refractivity contribution in [3.63, 3.8) is 0 Å². The molecule has 0 radical (unpaired) electrons. The molecule has 0 amide bonds. The molecule has 0 saturated heterocycles. The van der Waals surface area contributed by atoms with Crippen LogP contribution in [0.25, 0.3) is 11.3 Å². The molecule has 0 unspecified atom stereocenters. The van der Waals surface area contributed by atoms with Crippen LogP contribution in [0.5, 0.6) is 0 Å². The Labute approximate surface area is 163 Å². The minimum atomic E-state index is -0.539. The van der Waals surface area contributed by atoms with Crippen molar-refractivity contribution in [2.45, 2.75) is 38.1 Å². The standard InChI is InChI=1S/C22H22F2N4/c23-16-11-12-18(24)20(13-16)26-21-14-19(15-7-3-1-4-8-15)27-22(28-21)25-17-9-5-2-6-10-17/h1,3-4,7-8,11-14,17H,2,5-6,9-10H2,(H2,25,26,27,28). The monoisotopic (exact) mass is 380 g/mol. The number of hydrogen-bond donors (Lipinski definition) is 2. The van der Waals surface area contributed by atoms with Gasteiger partial charge in [-0.3, -0.25) is 0 Å². The van der Waals surface area contributed by atoms with Gasteiger partial charge in [-0.1, -0.05) is 49.6 Å². The van der Waals surface area contributed by atoms with E-state index < -0.39 is 11.6 Å². The Morgan fingerprint density at radius 1 is 0.857 bits per heavy atom. The number of nitrogens with one attached hydrogen (secondary N) is 2. The van der Waals surface area contributed by atoms with Crippen molar-refractivity contribution in [1.29, 1.82) is 0 Å². The van der Waals surface area contributed by atoms with Crippen molar-refractivity contribution in [2.24, 2.45) is 0 Å². The Bertz CT molecular complexity index is 941. The Morgan fingerprint density at radius 3 is 2.43 bits per heavy atom. The van der Waals surface area contributed by atoms with Crippen LogP contribution in [-0.4, -0.2) is 16.0 Å². The van der Waals surface area contributed by atoms with Gasteiger partial charge in [0, 0.05) is 23.7 Å². The van der Waals surface area contributed by atoms with E-state index in [1.165, 1.54) is 19.3 Å². The lowest BCUT2D eigenvalue weighted by Crippen LogP contribution is -2.23. The fraction of sp³-hybridized carbons (Fsp3) is 0.273. The highest BCUT2D eigenvalue weighted by Gasteiger charge is 2.16. The average molecular weight is 380 g/mol. The SMILES string of the molecule is Fc1ccc(F)c(Nc2cc(-c3ccccc3)nc(NC3CCCCC3)n2)c1. The van der Waals surface area contributed by atoms with Crippen molar-refractivity contribution < 1.29 is 8.78 Å². The van der Waals surface area contributed by atoms with Gasteiger partial charge in [0.1, 0.15) is 17.5 Å². The van der Waals surface area contributed by atoms with E-state index in [1.807, 2.05) is 30.3 Å². The molecule has 1 aliphatic rings. The number of halogens is 2. The zero-order valence-corrected chi connectivity index (χ0v) is 15.5. The highest BCUT2D eigenvalue weighted by molar-refractivity contribution is 5.67. The third kappa shape index (κ3) is 4.44. The van der Waals surface area contributed by atoms with Gasteiger partial charge in [0.15, 0.2) is 0 Å². The van der Waals surface area contributed by atoms with Crippen LogP contribution in [0.15, 0.2) is 54.6 Å². The maximum Gasteiger partial charge on any atom is 0.225 e. The van der Waals surface area contributed by atoms with Gasteiger partial charge in [-0.2, -0.15) is 4.98 Å². The molecule has 4 nitrogen and oxygen atoms in total. The molecule has 1 aliphatic carbocycles. The molecule has 0 atom stereocenters. The maximum atomic E-state index is 14.1. The number of nitrogens with zero attached hydrogens (tertiary/aromatic N) is 2. The van der Waals surface area contributed by atoms with Crippen molar-refractivity contribution >= 4 is 17.5 Å². The Balaban J connectivity index is 1.67. The van der Waals surface area contributed by atoms with E-state index in [1.54, 1.807) is 6.07 Å². The second-order valence-corrected chi connectivity index (χ2v) is 7.06. The average Bonchev–Trinajstić information content (AvgIpc) is 2.72. The van der Waals surface area contributed by atoms with Gasteiger partial charge < -0.3 is 10.6 Å². The van der Waals surface area contributed by atoms with Gasteiger partial charge in [0.05, 0.1) is 11.4 Å². The summed E-state index contributed by atoms with van der Waals surface area (Å²) in [6.45, 7) is 0. The zero-order chi connectivity index (χ0) is 19.3. The lowest BCUT2D eigenvalue weighted by molar-refractivity contribution is 0.461. The van der Waals surface area contributed by atoms with Gasteiger partial charge in [-0.05, 0) is 25.0 Å². The van der Waals surface area contributed by atoms with E-state index in [-0.39, 0.29) is 5.69 Å². The molecule has 1 fully saturated rings. The summed E-state index contributed by atoms with van der Waals surface area (Å²) in [4.78, 5) is 9.15. The van der Waals surface area contributed by atoms with Gasteiger partial charge in [-0.15, -0.1) is 0 Å². The minimum absolute atomic E-state index is 0.0429. The van der Waals surface area contributed by atoms with E-state index in [2.05, 4.69) is 20.6 Å². The molecule has 1 heterocycles. The summed E-state index contributed by atoms with van der Waals surface area (Å²) in [5, 5.41) is 6.31. The van der Waals surface area contributed by atoms with Crippen molar-refractivity contribution in [1.82, 2.24) is 9.97 Å². The van der Waals surface area contributed by atoms with Crippen molar-refractivity contribution in [3.8, 4) is 11.3 Å². The Morgan fingerprint density at radius 2 is 1.64 bits per heavy atom. The van der Waals surface area contributed by atoms with Gasteiger partial charge in [-0.25, -0.2) is 13.8 Å². The van der Waals surface area contributed by atoms with Crippen LogP contribution < -0.4 is 10.6 Å². The van der Waals surface area contributed by atoms with Gasteiger partial charge in [0.25, 0.3) is 0 Å². The number of rotatable bonds is 5. The molecule has 4 rings (SSSR count). The third-order valence-corrected chi connectivity index (χ3v) is 4.93. The van der Waals surface area contributed by atoms with Gasteiger partial charge in [0.2, 0.25) is 5.95 Å². The molecule has 28 heavy (non-hydrogen) atoms. The molecule has 144 valence electrons. The van der Waals surface area contributed by atoms with Crippen LogP contribution in [0.4, 0.5) is 26.2 Å². The first-order chi connectivity index (χ1) is 13.7.